The summed E-state index contributed by atoms with van der Waals surface area (Å²) in [6.45, 7) is 3.88. The summed E-state index contributed by atoms with van der Waals surface area (Å²) in [7, 11) is -3.79. The molecule has 0 radical (unpaired) electrons. The summed E-state index contributed by atoms with van der Waals surface area (Å²) in [5.74, 6) is 0.541. The Hall–Kier alpha value is -2.81. The van der Waals surface area contributed by atoms with E-state index in [1.165, 1.54) is 4.67 Å². The zero-order chi connectivity index (χ0) is 19.0. The van der Waals surface area contributed by atoms with E-state index in [0.717, 1.165) is 16.7 Å². The highest BCUT2D eigenvalue weighted by atomic mass is 31.2. The number of rotatable bonds is 2. The summed E-state index contributed by atoms with van der Waals surface area (Å²) in [4.78, 5) is 3.72. The number of nitrogens with zero attached hydrogens (tertiary/aromatic N) is 3. The van der Waals surface area contributed by atoms with Crippen LogP contribution < -0.4 is 4.52 Å². The van der Waals surface area contributed by atoms with E-state index in [4.69, 9.17) is 19.0 Å². The van der Waals surface area contributed by atoms with Crippen molar-refractivity contribution in [2.45, 2.75) is 32.6 Å². The van der Waals surface area contributed by atoms with Gasteiger partial charge in [0.15, 0.2) is 0 Å². The van der Waals surface area contributed by atoms with Gasteiger partial charge in [0.05, 0.1) is 12.6 Å². The molecule has 3 atom stereocenters. The highest BCUT2D eigenvalue weighted by Gasteiger charge is 2.52. The van der Waals surface area contributed by atoms with Gasteiger partial charge in [-0.05, 0) is 25.0 Å². The summed E-state index contributed by atoms with van der Waals surface area (Å²) in [6.07, 6.45) is 1.26. The summed E-state index contributed by atoms with van der Waals surface area (Å²) in [6, 6.07) is 14.7. The number of aliphatic imine (C=N–C) groups is 1. The fourth-order valence-corrected chi connectivity index (χ4v) is 5.29. The van der Waals surface area contributed by atoms with Gasteiger partial charge in [0.25, 0.3) is 0 Å². The lowest BCUT2D eigenvalue weighted by Crippen LogP contribution is -2.34. The Morgan fingerprint density at radius 3 is 2.74 bits per heavy atom. The Morgan fingerprint density at radius 2 is 2.00 bits per heavy atom. The predicted octanol–water partition coefficient (Wildman–Crippen LogP) is 4.31. The molecule has 0 bridgehead atoms. The van der Waals surface area contributed by atoms with Crippen molar-refractivity contribution >= 4 is 13.8 Å². The fraction of sp³-hybridized carbons (Fsp3) is 0.263. The molecule has 138 valence electrons. The molecular formula is C19H18N3O4P. The number of aryl methyl sites for hydroxylation is 1. The first-order valence-electron chi connectivity index (χ1n) is 8.54. The van der Waals surface area contributed by atoms with Gasteiger partial charge in [0.1, 0.15) is 11.9 Å². The van der Waals surface area contributed by atoms with Crippen molar-refractivity contribution in [3.8, 4) is 11.9 Å². The van der Waals surface area contributed by atoms with Crippen molar-refractivity contribution in [3.63, 3.8) is 0 Å². The lowest BCUT2D eigenvalue weighted by molar-refractivity contribution is 0.182. The van der Waals surface area contributed by atoms with Crippen LogP contribution in [0.3, 0.4) is 0 Å². The average molecular weight is 383 g/mol. The van der Waals surface area contributed by atoms with Crippen LogP contribution in [-0.4, -0.2) is 16.7 Å². The number of benzene rings is 2. The standard InChI is InChI=1S/C19H18N3O4P/c1-13-7-6-10-16-11-24-27(23,26-17(13)16)22-14(2)18(25-19(22)21-12-20)15-8-4-3-5-9-15/h3-10,14,18H,11H2,1-2H3/t14-,18-,27-/m1/s1. The molecule has 0 aliphatic carbocycles. The van der Waals surface area contributed by atoms with Crippen molar-refractivity contribution in [2.75, 3.05) is 0 Å². The minimum atomic E-state index is -3.79. The van der Waals surface area contributed by atoms with Gasteiger partial charge in [0, 0.05) is 5.56 Å². The molecule has 1 fully saturated rings. The smallest absolute Gasteiger partial charge is 0.454 e. The van der Waals surface area contributed by atoms with Gasteiger partial charge in [-0.25, -0.2) is 9.24 Å². The summed E-state index contributed by atoms with van der Waals surface area (Å²) in [5, 5.41) is 9.06. The van der Waals surface area contributed by atoms with E-state index in [-0.39, 0.29) is 12.6 Å². The maximum absolute atomic E-state index is 13.6. The molecule has 8 heteroatoms. The number of para-hydroxylation sites is 1. The molecule has 0 N–H and O–H groups in total. The van der Waals surface area contributed by atoms with Gasteiger partial charge in [0.2, 0.25) is 6.19 Å². The molecule has 2 heterocycles. The first-order chi connectivity index (χ1) is 13.0. The normalized spacial score (nSPS) is 28.2. The molecule has 0 unspecified atom stereocenters. The van der Waals surface area contributed by atoms with Crippen LogP contribution in [-0.2, 0) is 20.4 Å². The molecular weight excluding hydrogens is 365 g/mol. The molecule has 1 saturated heterocycles. The lowest BCUT2D eigenvalue weighted by Gasteiger charge is -2.33. The van der Waals surface area contributed by atoms with E-state index in [0.29, 0.717) is 5.75 Å². The van der Waals surface area contributed by atoms with Gasteiger partial charge in [-0.3, -0.25) is 4.52 Å². The van der Waals surface area contributed by atoms with Crippen molar-refractivity contribution in [1.29, 1.82) is 5.26 Å². The molecule has 0 spiro atoms. The summed E-state index contributed by atoms with van der Waals surface area (Å²) < 4.78 is 32.4. The Kier molecular flexibility index (Phi) is 4.39. The molecule has 2 aliphatic rings. The van der Waals surface area contributed by atoms with Crippen LogP contribution in [0.4, 0.5) is 0 Å². The first-order valence-corrected chi connectivity index (χ1v) is 10.0. The van der Waals surface area contributed by atoms with Crippen molar-refractivity contribution in [1.82, 2.24) is 4.67 Å². The van der Waals surface area contributed by atoms with E-state index in [1.54, 1.807) is 6.19 Å². The maximum Gasteiger partial charge on any atom is 0.493 e. The largest absolute Gasteiger partial charge is 0.493 e. The molecule has 7 nitrogen and oxygen atoms in total. The van der Waals surface area contributed by atoms with Crippen LogP contribution in [0.1, 0.15) is 29.7 Å². The van der Waals surface area contributed by atoms with Crippen LogP contribution in [0.5, 0.6) is 5.75 Å². The molecule has 2 aromatic carbocycles. The maximum atomic E-state index is 13.6. The van der Waals surface area contributed by atoms with Gasteiger partial charge in [-0.1, -0.05) is 48.5 Å². The Balaban J connectivity index is 1.73. The minimum Gasteiger partial charge on any atom is -0.454 e. The monoisotopic (exact) mass is 383 g/mol. The van der Waals surface area contributed by atoms with Gasteiger partial charge in [-0.2, -0.15) is 5.26 Å². The number of fused-ring (bicyclic) bond motifs is 1. The van der Waals surface area contributed by atoms with Crippen molar-refractivity contribution in [2.24, 2.45) is 4.99 Å². The van der Waals surface area contributed by atoms with Crippen LogP contribution in [0.2, 0.25) is 0 Å². The second-order valence-electron chi connectivity index (χ2n) is 6.43. The van der Waals surface area contributed by atoms with Crippen molar-refractivity contribution < 1.29 is 18.3 Å². The topological polar surface area (TPSA) is 84.2 Å². The third-order valence-corrected chi connectivity index (χ3v) is 6.61. The highest BCUT2D eigenvalue weighted by Crippen LogP contribution is 2.61. The molecule has 2 aromatic rings. The van der Waals surface area contributed by atoms with Gasteiger partial charge in [-0.15, -0.1) is 4.99 Å². The number of amidine groups is 1. The zero-order valence-corrected chi connectivity index (χ0v) is 15.8. The molecule has 0 saturated carbocycles. The highest BCUT2D eigenvalue weighted by molar-refractivity contribution is 7.52. The fourth-order valence-electron chi connectivity index (χ4n) is 3.36. The van der Waals surface area contributed by atoms with Crippen LogP contribution >= 0.6 is 7.75 Å². The van der Waals surface area contributed by atoms with E-state index < -0.39 is 19.9 Å². The SMILES string of the molecule is Cc1cccc2c1O[P@@](=O)(N1C(=NC#N)O[C@@H](c3ccccc3)[C@H]1C)OC2. The Morgan fingerprint density at radius 1 is 1.22 bits per heavy atom. The van der Waals surface area contributed by atoms with Gasteiger partial charge >= 0.3 is 13.8 Å². The van der Waals surface area contributed by atoms with Crippen molar-refractivity contribution in [3.05, 3.63) is 65.2 Å². The van der Waals surface area contributed by atoms with E-state index in [1.807, 2.05) is 62.4 Å². The predicted molar refractivity (Wildman–Crippen MR) is 98.8 cm³/mol. The third-order valence-electron chi connectivity index (χ3n) is 4.67. The first kappa shape index (κ1) is 17.6. The Labute approximate surface area is 157 Å². The second kappa shape index (κ2) is 6.73. The third kappa shape index (κ3) is 2.97. The quantitative estimate of drug-likeness (QED) is 0.568. The Bertz CT molecular complexity index is 986. The number of hydrogen-bond donors (Lipinski definition) is 0. The number of ether oxygens (including phenoxy) is 1. The summed E-state index contributed by atoms with van der Waals surface area (Å²) >= 11 is 0. The second-order valence-corrected chi connectivity index (χ2v) is 8.23. The minimum absolute atomic E-state index is 0.0563. The van der Waals surface area contributed by atoms with Crippen LogP contribution in [0, 0.1) is 18.4 Å². The number of nitriles is 1. The summed E-state index contributed by atoms with van der Waals surface area (Å²) in [5.41, 5.74) is 2.58. The average Bonchev–Trinajstić information content (AvgIpc) is 3.00. The number of hydrogen-bond acceptors (Lipinski definition) is 6. The lowest BCUT2D eigenvalue weighted by atomic mass is 10.0. The van der Waals surface area contributed by atoms with Crippen LogP contribution in [0.25, 0.3) is 0 Å². The van der Waals surface area contributed by atoms with E-state index in [2.05, 4.69) is 4.99 Å². The molecule has 4 rings (SSSR count). The van der Waals surface area contributed by atoms with E-state index in [9.17, 15) is 4.57 Å². The molecule has 0 aromatic heterocycles. The molecule has 2 aliphatic heterocycles. The van der Waals surface area contributed by atoms with E-state index >= 15 is 0 Å². The van der Waals surface area contributed by atoms with Crippen LogP contribution in [0.15, 0.2) is 53.5 Å². The molecule has 0 amide bonds. The van der Waals surface area contributed by atoms with Gasteiger partial charge < -0.3 is 9.26 Å². The molecule has 27 heavy (non-hydrogen) atoms. The zero-order valence-electron chi connectivity index (χ0n) is 14.9.